The van der Waals surface area contributed by atoms with E-state index in [-0.39, 0.29) is 0 Å². The predicted octanol–water partition coefficient (Wildman–Crippen LogP) is 1.60. The van der Waals surface area contributed by atoms with Crippen molar-refractivity contribution in [2.24, 2.45) is 0 Å². The highest BCUT2D eigenvalue weighted by molar-refractivity contribution is 5.40. The fraction of sp³-hybridized carbons (Fsp3) is 0.667. The van der Waals surface area contributed by atoms with E-state index in [0.29, 0.717) is 6.04 Å². The maximum atomic E-state index is 4.50. The summed E-state index contributed by atoms with van der Waals surface area (Å²) >= 11 is 0. The van der Waals surface area contributed by atoms with Crippen LogP contribution in [-0.4, -0.2) is 41.0 Å². The van der Waals surface area contributed by atoms with Gasteiger partial charge in [-0.25, -0.2) is 4.98 Å². The van der Waals surface area contributed by atoms with Gasteiger partial charge in [-0.2, -0.15) is 0 Å². The van der Waals surface area contributed by atoms with Crippen LogP contribution in [0.4, 0.5) is 5.82 Å². The predicted molar refractivity (Wildman–Crippen MR) is 65.6 cm³/mol. The van der Waals surface area contributed by atoms with Crippen molar-refractivity contribution in [2.45, 2.75) is 32.7 Å². The van der Waals surface area contributed by atoms with Gasteiger partial charge in [0.1, 0.15) is 5.82 Å². The number of rotatable bonds is 2. The third-order valence-corrected chi connectivity index (χ3v) is 3.04. The van der Waals surface area contributed by atoms with E-state index in [1.54, 1.807) is 0 Å². The van der Waals surface area contributed by atoms with Gasteiger partial charge in [0.25, 0.3) is 0 Å². The molecule has 2 heterocycles. The summed E-state index contributed by atoms with van der Waals surface area (Å²) in [4.78, 5) is 11.2. The van der Waals surface area contributed by atoms with Gasteiger partial charge in [-0.1, -0.05) is 0 Å². The first-order valence-electron chi connectivity index (χ1n) is 5.90. The molecular formula is C12H20N4. The van der Waals surface area contributed by atoms with Crippen LogP contribution in [0, 0.1) is 13.8 Å². The zero-order chi connectivity index (χ0) is 11.5. The molecule has 1 N–H and O–H groups in total. The van der Waals surface area contributed by atoms with Gasteiger partial charge in [-0.05, 0) is 40.3 Å². The third kappa shape index (κ3) is 2.70. The Balaban J connectivity index is 2.05. The fourth-order valence-corrected chi connectivity index (χ4v) is 2.15. The molecule has 1 fully saturated rings. The van der Waals surface area contributed by atoms with E-state index in [9.17, 15) is 0 Å². The lowest BCUT2D eigenvalue weighted by atomic mass is 10.1. The Bertz CT molecular complexity index is 364. The highest BCUT2D eigenvalue weighted by Gasteiger charge is 2.17. The standard InChI is InChI=1S/C12H20N4/c1-9-7-13-10(2)12(14-9)15-11-5-4-6-16(3)8-11/h7,11H,4-6,8H2,1-3H3,(H,14,15). The lowest BCUT2D eigenvalue weighted by Crippen LogP contribution is -2.40. The van der Waals surface area contributed by atoms with Gasteiger partial charge in [0.2, 0.25) is 0 Å². The number of hydrogen-bond acceptors (Lipinski definition) is 4. The number of nitrogens with zero attached hydrogens (tertiary/aromatic N) is 3. The summed E-state index contributed by atoms with van der Waals surface area (Å²) in [5, 5.41) is 3.51. The minimum atomic E-state index is 0.508. The van der Waals surface area contributed by atoms with Gasteiger partial charge in [-0.15, -0.1) is 0 Å². The molecule has 1 aromatic heterocycles. The lowest BCUT2D eigenvalue weighted by molar-refractivity contribution is 0.260. The van der Waals surface area contributed by atoms with Crippen LogP contribution in [0.1, 0.15) is 24.2 Å². The van der Waals surface area contributed by atoms with Crippen LogP contribution in [0.2, 0.25) is 0 Å². The molecule has 0 amide bonds. The second-order valence-corrected chi connectivity index (χ2v) is 4.69. The lowest BCUT2D eigenvalue weighted by Gasteiger charge is -2.30. The second-order valence-electron chi connectivity index (χ2n) is 4.69. The summed E-state index contributed by atoms with van der Waals surface area (Å²) in [5.74, 6) is 0.945. The SMILES string of the molecule is Cc1cnc(C)c(NC2CCCN(C)C2)n1. The molecule has 0 radical (unpaired) electrons. The molecule has 1 aliphatic heterocycles. The van der Waals surface area contributed by atoms with Crippen molar-refractivity contribution in [1.82, 2.24) is 14.9 Å². The first-order chi connectivity index (χ1) is 7.65. The topological polar surface area (TPSA) is 41.1 Å². The largest absolute Gasteiger partial charge is 0.365 e. The Kier molecular flexibility index (Phi) is 3.39. The Morgan fingerprint density at radius 1 is 1.44 bits per heavy atom. The number of anilines is 1. The molecule has 1 aromatic rings. The smallest absolute Gasteiger partial charge is 0.148 e. The summed E-state index contributed by atoms with van der Waals surface area (Å²) in [6, 6.07) is 0.508. The summed E-state index contributed by atoms with van der Waals surface area (Å²) in [7, 11) is 2.17. The number of hydrogen-bond donors (Lipinski definition) is 1. The molecule has 2 rings (SSSR count). The molecule has 88 valence electrons. The molecular weight excluding hydrogens is 200 g/mol. The Morgan fingerprint density at radius 2 is 2.25 bits per heavy atom. The Hall–Kier alpha value is -1.16. The van der Waals surface area contributed by atoms with Crippen LogP contribution in [0.15, 0.2) is 6.20 Å². The first-order valence-corrected chi connectivity index (χ1v) is 5.90. The van der Waals surface area contributed by atoms with E-state index >= 15 is 0 Å². The third-order valence-electron chi connectivity index (χ3n) is 3.04. The molecule has 0 bridgehead atoms. The molecule has 0 aliphatic carbocycles. The monoisotopic (exact) mass is 220 g/mol. The maximum absolute atomic E-state index is 4.50. The average Bonchev–Trinajstić information content (AvgIpc) is 2.24. The summed E-state index contributed by atoms with van der Waals surface area (Å²) < 4.78 is 0. The molecule has 4 heteroatoms. The molecule has 1 unspecified atom stereocenters. The van der Waals surface area contributed by atoms with Crippen molar-refractivity contribution in [3.05, 3.63) is 17.6 Å². The minimum absolute atomic E-state index is 0.508. The zero-order valence-electron chi connectivity index (χ0n) is 10.3. The summed E-state index contributed by atoms with van der Waals surface area (Å²) in [5.41, 5.74) is 1.95. The van der Waals surface area contributed by atoms with Crippen LogP contribution < -0.4 is 5.32 Å². The van der Waals surface area contributed by atoms with E-state index in [1.807, 2.05) is 20.0 Å². The van der Waals surface area contributed by atoms with Crippen LogP contribution >= 0.6 is 0 Å². The van der Waals surface area contributed by atoms with E-state index in [2.05, 4.69) is 27.2 Å². The quantitative estimate of drug-likeness (QED) is 0.822. The van der Waals surface area contributed by atoms with Gasteiger partial charge in [-0.3, -0.25) is 4.98 Å². The molecule has 0 spiro atoms. The van der Waals surface area contributed by atoms with Crippen LogP contribution in [-0.2, 0) is 0 Å². The first kappa shape index (κ1) is 11.3. The van der Waals surface area contributed by atoms with Crippen molar-refractivity contribution in [3.8, 4) is 0 Å². The second kappa shape index (κ2) is 4.78. The normalized spacial score (nSPS) is 22.1. The number of likely N-dealkylation sites (tertiary alicyclic amines) is 1. The summed E-state index contributed by atoms with van der Waals surface area (Å²) in [6.45, 7) is 6.28. The molecule has 0 aromatic carbocycles. The van der Waals surface area contributed by atoms with Crippen molar-refractivity contribution >= 4 is 5.82 Å². The number of piperidine rings is 1. The molecule has 1 atom stereocenters. The van der Waals surface area contributed by atoms with Gasteiger partial charge in [0.05, 0.1) is 11.4 Å². The Morgan fingerprint density at radius 3 is 3.00 bits per heavy atom. The molecule has 0 saturated carbocycles. The molecule has 16 heavy (non-hydrogen) atoms. The number of nitrogens with one attached hydrogen (secondary N) is 1. The van der Waals surface area contributed by atoms with Crippen LogP contribution in [0.25, 0.3) is 0 Å². The van der Waals surface area contributed by atoms with Crippen molar-refractivity contribution in [2.75, 3.05) is 25.5 Å². The fourth-order valence-electron chi connectivity index (χ4n) is 2.15. The van der Waals surface area contributed by atoms with Crippen molar-refractivity contribution in [1.29, 1.82) is 0 Å². The average molecular weight is 220 g/mol. The Labute approximate surface area is 97.1 Å². The summed E-state index contributed by atoms with van der Waals surface area (Å²) in [6.07, 6.45) is 4.29. The van der Waals surface area contributed by atoms with Crippen LogP contribution in [0.3, 0.4) is 0 Å². The van der Waals surface area contributed by atoms with Gasteiger partial charge < -0.3 is 10.2 Å². The molecule has 1 saturated heterocycles. The molecule has 4 nitrogen and oxygen atoms in total. The zero-order valence-corrected chi connectivity index (χ0v) is 10.3. The van der Waals surface area contributed by atoms with Crippen molar-refractivity contribution < 1.29 is 0 Å². The molecule has 1 aliphatic rings. The highest BCUT2D eigenvalue weighted by Crippen LogP contribution is 2.15. The van der Waals surface area contributed by atoms with E-state index in [4.69, 9.17) is 0 Å². The van der Waals surface area contributed by atoms with E-state index in [1.165, 1.54) is 19.4 Å². The maximum Gasteiger partial charge on any atom is 0.148 e. The highest BCUT2D eigenvalue weighted by atomic mass is 15.2. The van der Waals surface area contributed by atoms with Crippen molar-refractivity contribution in [3.63, 3.8) is 0 Å². The number of likely N-dealkylation sites (N-methyl/N-ethyl adjacent to an activating group) is 1. The minimum Gasteiger partial charge on any atom is -0.365 e. The number of aryl methyl sites for hydroxylation is 2. The van der Waals surface area contributed by atoms with Gasteiger partial charge >= 0.3 is 0 Å². The van der Waals surface area contributed by atoms with E-state index in [0.717, 1.165) is 23.8 Å². The van der Waals surface area contributed by atoms with Crippen LogP contribution in [0.5, 0.6) is 0 Å². The number of aromatic nitrogens is 2. The van der Waals surface area contributed by atoms with Gasteiger partial charge in [0.15, 0.2) is 0 Å². The van der Waals surface area contributed by atoms with Gasteiger partial charge in [0, 0.05) is 18.8 Å². The van der Waals surface area contributed by atoms with E-state index < -0.39 is 0 Å².